The third kappa shape index (κ3) is 3.80. The summed E-state index contributed by atoms with van der Waals surface area (Å²) in [6.07, 6.45) is 14.6. The highest BCUT2D eigenvalue weighted by atomic mass is 16.5. The molecule has 1 aromatic rings. The molecule has 2 bridgehead atoms. The van der Waals surface area contributed by atoms with Crippen LogP contribution < -0.4 is 4.90 Å². The fraction of sp³-hybridized carbons (Fsp3) is 0.760. The van der Waals surface area contributed by atoms with E-state index in [0.29, 0.717) is 5.41 Å². The molecule has 2 aliphatic heterocycles. The molecule has 0 amide bonds. The zero-order valence-electron chi connectivity index (χ0n) is 18.2. The van der Waals surface area contributed by atoms with Crippen LogP contribution in [0, 0.1) is 29.1 Å². The van der Waals surface area contributed by atoms with Gasteiger partial charge >= 0.3 is 0 Å². The van der Waals surface area contributed by atoms with Crippen LogP contribution in [0.25, 0.3) is 0 Å². The van der Waals surface area contributed by atoms with Crippen molar-refractivity contribution in [3.63, 3.8) is 0 Å². The highest BCUT2D eigenvalue weighted by molar-refractivity contribution is 5.37. The van der Waals surface area contributed by atoms with Gasteiger partial charge in [0.05, 0.1) is 18.9 Å². The predicted molar refractivity (Wildman–Crippen MR) is 118 cm³/mol. The van der Waals surface area contributed by atoms with E-state index < -0.39 is 0 Å². The number of hydrogen-bond acceptors (Lipinski definition) is 5. The van der Waals surface area contributed by atoms with Gasteiger partial charge in [-0.1, -0.05) is 12.2 Å². The van der Waals surface area contributed by atoms with Gasteiger partial charge in [-0.3, -0.25) is 0 Å². The molecule has 1 aromatic heterocycles. The number of likely N-dealkylation sites (tertiary alicyclic amines) is 1. The van der Waals surface area contributed by atoms with E-state index in [1.54, 1.807) is 0 Å². The second kappa shape index (κ2) is 7.90. The van der Waals surface area contributed by atoms with Crippen LogP contribution >= 0.6 is 0 Å². The largest absolute Gasteiger partial charge is 0.378 e. The van der Waals surface area contributed by atoms with Gasteiger partial charge in [-0.15, -0.1) is 5.10 Å². The molecule has 4 fully saturated rings. The normalized spacial score (nSPS) is 34.7. The molecule has 3 aliphatic carbocycles. The Hall–Kier alpha value is -1.46. The van der Waals surface area contributed by atoms with Crippen LogP contribution in [0.15, 0.2) is 24.3 Å². The van der Waals surface area contributed by atoms with Gasteiger partial charge in [0.1, 0.15) is 0 Å². The van der Waals surface area contributed by atoms with E-state index in [0.717, 1.165) is 67.9 Å². The van der Waals surface area contributed by atoms with Crippen molar-refractivity contribution >= 4 is 5.82 Å². The number of ether oxygens (including phenoxy) is 1. The van der Waals surface area contributed by atoms with Gasteiger partial charge < -0.3 is 14.5 Å². The molecule has 2 saturated carbocycles. The van der Waals surface area contributed by atoms with Crippen molar-refractivity contribution in [2.75, 3.05) is 50.8 Å². The van der Waals surface area contributed by atoms with E-state index in [4.69, 9.17) is 4.74 Å². The SMILES string of the molecule is C1=CC2CC1CC2CN1CCC2(CC1)CC2CCc1ccc(N2CCOCC2)nn1. The Morgan fingerprint density at radius 2 is 1.87 bits per heavy atom. The minimum absolute atomic E-state index is 0.673. The first kappa shape index (κ1) is 19.2. The van der Waals surface area contributed by atoms with E-state index in [9.17, 15) is 0 Å². The van der Waals surface area contributed by atoms with Gasteiger partial charge in [-0.2, -0.15) is 5.10 Å². The maximum atomic E-state index is 5.43. The average Bonchev–Trinajstić information content (AvgIpc) is 3.10. The molecule has 162 valence electrons. The van der Waals surface area contributed by atoms with Crippen molar-refractivity contribution in [2.45, 2.75) is 44.9 Å². The average molecular weight is 409 g/mol. The number of allylic oxidation sites excluding steroid dienone is 2. The molecule has 5 heteroatoms. The molecule has 0 aromatic carbocycles. The van der Waals surface area contributed by atoms with Gasteiger partial charge in [0.15, 0.2) is 5.82 Å². The van der Waals surface area contributed by atoms with Crippen LogP contribution in [0.5, 0.6) is 0 Å². The third-order valence-corrected chi connectivity index (χ3v) is 8.91. The van der Waals surface area contributed by atoms with Gasteiger partial charge in [0.25, 0.3) is 0 Å². The summed E-state index contributed by atoms with van der Waals surface area (Å²) < 4.78 is 5.43. The summed E-state index contributed by atoms with van der Waals surface area (Å²) in [5, 5.41) is 9.02. The molecule has 0 radical (unpaired) electrons. The Morgan fingerprint density at radius 1 is 1.00 bits per heavy atom. The number of fused-ring (bicyclic) bond motifs is 2. The molecule has 6 rings (SSSR count). The Balaban J connectivity index is 0.947. The first-order valence-electron chi connectivity index (χ1n) is 12.3. The minimum atomic E-state index is 0.673. The standard InChI is InChI=1S/C25H36N4O/c1-2-20-15-19(1)16-21(20)18-28-9-7-25(8-10-28)17-22(25)3-4-23-5-6-24(27-26-23)29-11-13-30-14-12-29/h1-2,5-6,19-22H,3-4,7-18H2. The van der Waals surface area contributed by atoms with Crippen molar-refractivity contribution < 1.29 is 4.74 Å². The number of rotatable bonds is 6. The minimum Gasteiger partial charge on any atom is -0.378 e. The van der Waals surface area contributed by atoms with Crippen LogP contribution in [0.2, 0.25) is 0 Å². The molecule has 0 N–H and O–H groups in total. The Kier molecular flexibility index (Phi) is 5.07. The predicted octanol–water partition coefficient (Wildman–Crippen LogP) is 3.56. The summed E-state index contributed by atoms with van der Waals surface area (Å²) in [4.78, 5) is 5.06. The summed E-state index contributed by atoms with van der Waals surface area (Å²) in [5.41, 5.74) is 1.84. The lowest BCUT2D eigenvalue weighted by Gasteiger charge is -2.35. The van der Waals surface area contributed by atoms with Crippen molar-refractivity contribution in [3.05, 3.63) is 30.0 Å². The molecule has 4 unspecified atom stereocenters. The summed E-state index contributed by atoms with van der Waals surface area (Å²) in [7, 11) is 0. The van der Waals surface area contributed by atoms with E-state index >= 15 is 0 Å². The van der Waals surface area contributed by atoms with Crippen LogP contribution in [-0.2, 0) is 11.2 Å². The molecule has 5 nitrogen and oxygen atoms in total. The Labute approximate surface area is 180 Å². The number of piperidine rings is 1. The Morgan fingerprint density at radius 3 is 2.57 bits per heavy atom. The topological polar surface area (TPSA) is 41.5 Å². The number of morpholine rings is 1. The maximum absolute atomic E-state index is 5.43. The van der Waals surface area contributed by atoms with Crippen LogP contribution in [0.3, 0.4) is 0 Å². The van der Waals surface area contributed by atoms with Crippen molar-refractivity contribution in [3.8, 4) is 0 Å². The van der Waals surface area contributed by atoms with Gasteiger partial charge in [-0.25, -0.2) is 0 Å². The number of nitrogens with zero attached hydrogens (tertiary/aromatic N) is 4. The summed E-state index contributed by atoms with van der Waals surface area (Å²) in [6, 6.07) is 4.35. The Bertz CT molecular complexity index is 764. The molecule has 2 saturated heterocycles. The molecule has 1 spiro atoms. The fourth-order valence-electron chi connectivity index (χ4n) is 6.84. The van der Waals surface area contributed by atoms with E-state index in [2.05, 4.69) is 44.3 Å². The van der Waals surface area contributed by atoms with Gasteiger partial charge in [0, 0.05) is 19.6 Å². The highest BCUT2D eigenvalue weighted by Crippen LogP contribution is 2.61. The van der Waals surface area contributed by atoms with Crippen molar-refractivity contribution in [1.29, 1.82) is 0 Å². The van der Waals surface area contributed by atoms with Crippen LogP contribution in [-0.4, -0.2) is 61.0 Å². The first-order chi connectivity index (χ1) is 14.8. The summed E-state index contributed by atoms with van der Waals surface area (Å²) in [6.45, 7) is 7.47. The van der Waals surface area contributed by atoms with Gasteiger partial charge in [0.2, 0.25) is 0 Å². The molecule has 5 aliphatic rings. The zero-order chi connectivity index (χ0) is 20.0. The highest BCUT2D eigenvalue weighted by Gasteiger charge is 2.54. The second-order valence-corrected chi connectivity index (χ2v) is 10.6. The van der Waals surface area contributed by atoms with Crippen LogP contribution in [0.4, 0.5) is 5.82 Å². The number of anilines is 1. The number of aryl methyl sites for hydroxylation is 1. The third-order valence-electron chi connectivity index (χ3n) is 8.91. The number of hydrogen-bond donors (Lipinski definition) is 0. The van der Waals surface area contributed by atoms with Crippen molar-refractivity contribution in [2.24, 2.45) is 29.1 Å². The second-order valence-electron chi connectivity index (χ2n) is 10.6. The van der Waals surface area contributed by atoms with E-state index in [-0.39, 0.29) is 0 Å². The fourth-order valence-corrected chi connectivity index (χ4v) is 6.84. The summed E-state index contributed by atoms with van der Waals surface area (Å²) in [5.74, 6) is 4.68. The monoisotopic (exact) mass is 408 g/mol. The molecular formula is C25H36N4O. The lowest BCUT2D eigenvalue weighted by molar-refractivity contribution is 0.122. The molecule has 3 heterocycles. The van der Waals surface area contributed by atoms with E-state index in [1.165, 1.54) is 58.2 Å². The lowest BCUT2D eigenvalue weighted by atomic mass is 9.87. The molecular weight excluding hydrogens is 372 g/mol. The first-order valence-corrected chi connectivity index (χ1v) is 12.3. The number of aromatic nitrogens is 2. The maximum Gasteiger partial charge on any atom is 0.151 e. The molecule has 4 atom stereocenters. The zero-order valence-corrected chi connectivity index (χ0v) is 18.2. The molecule has 30 heavy (non-hydrogen) atoms. The van der Waals surface area contributed by atoms with E-state index in [1.807, 2.05) is 0 Å². The summed E-state index contributed by atoms with van der Waals surface area (Å²) >= 11 is 0. The smallest absolute Gasteiger partial charge is 0.151 e. The van der Waals surface area contributed by atoms with Crippen LogP contribution in [0.1, 0.15) is 44.2 Å². The quantitative estimate of drug-likeness (QED) is 0.673. The lowest BCUT2D eigenvalue weighted by Crippen LogP contribution is -2.39. The van der Waals surface area contributed by atoms with Gasteiger partial charge in [-0.05, 0) is 99.3 Å². The van der Waals surface area contributed by atoms with Crippen molar-refractivity contribution in [1.82, 2.24) is 15.1 Å².